The number of carbonyl (C=O) groups is 2. The summed E-state index contributed by atoms with van der Waals surface area (Å²) in [5.74, 6) is -0.860. The standard InChI is InChI=1S/C15H11NO2.N2/c17-14-12-8-4-5-9-13(12)16(15(14)18)10-11-6-2-1-3-7-11;1-2/h1-9H,10H2;. The van der Waals surface area contributed by atoms with Gasteiger partial charge in [-0.05, 0) is 17.7 Å². The molecule has 5 nitrogen and oxygen atoms in total. The summed E-state index contributed by atoms with van der Waals surface area (Å²) in [6.45, 7) is 0.433. The molecule has 1 amide bonds. The van der Waals surface area contributed by atoms with Crippen molar-refractivity contribution < 1.29 is 9.59 Å². The van der Waals surface area contributed by atoms with Gasteiger partial charge in [-0.2, -0.15) is 0 Å². The monoisotopic (exact) mass is 265 g/mol. The van der Waals surface area contributed by atoms with Crippen molar-refractivity contribution in [2.75, 3.05) is 4.90 Å². The molecular formula is C15H11N3O2. The molecule has 0 unspecified atom stereocenters. The van der Waals surface area contributed by atoms with E-state index in [4.69, 9.17) is 10.8 Å². The molecule has 0 saturated heterocycles. The van der Waals surface area contributed by atoms with Gasteiger partial charge in [0, 0.05) is 10.8 Å². The van der Waals surface area contributed by atoms with Gasteiger partial charge in [0.25, 0.3) is 11.7 Å². The first kappa shape index (κ1) is 13.4. The van der Waals surface area contributed by atoms with Crippen molar-refractivity contribution in [2.24, 2.45) is 0 Å². The summed E-state index contributed by atoms with van der Waals surface area (Å²) in [7, 11) is 0. The van der Waals surface area contributed by atoms with E-state index in [0.717, 1.165) is 5.56 Å². The number of Topliss-reactive ketones (excluding diaryl/α,β-unsaturated/α-hetero) is 1. The summed E-state index contributed by atoms with van der Waals surface area (Å²) in [6.07, 6.45) is 0. The topological polar surface area (TPSA) is 85.0 Å². The molecule has 0 spiro atoms. The van der Waals surface area contributed by atoms with Crippen LogP contribution < -0.4 is 4.90 Å². The number of anilines is 1. The van der Waals surface area contributed by atoms with E-state index >= 15 is 0 Å². The number of amides is 1. The van der Waals surface area contributed by atoms with Crippen LogP contribution in [0.4, 0.5) is 5.69 Å². The zero-order valence-electron chi connectivity index (χ0n) is 10.6. The van der Waals surface area contributed by atoms with Gasteiger partial charge in [-0.3, -0.25) is 9.59 Å². The van der Waals surface area contributed by atoms with E-state index in [1.54, 1.807) is 18.2 Å². The van der Waals surface area contributed by atoms with Gasteiger partial charge in [0.2, 0.25) is 0 Å². The second-order valence-corrected chi connectivity index (χ2v) is 4.22. The van der Waals surface area contributed by atoms with Crippen LogP contribution in [0, 0.1) is 10.8 Å². The van der Waals surface area contributed by atoms with Crippen molar-refractivity contribution in [3.05, 3.63) is 65.7 Å². The molecule has 3 rings (SSSR count). The zero-order chi connectivity index (χ0) is 14.5. The summed E-state index contributed by atoms with van der Waals surface area (Å²) < 4.78 is 0. The maximum absolute atomic E-state index is 11.9. The van der Waals surface area contributed by atoms with Gasteiger partial charge in [-0.25, -0.2) is 0 Å². The van der Waals surface area contributed by atoms with E-state index in [-0.39, 0.29) is 0 Å². The minimum absolute atomic E-state index is 0.415. The van der Waals surface area contributed by atoms with Gasteiger partial charge < -0.3 is 4.90 Å². The first-order valence-electron chi connectivity index (χ1n) is 5.96. The number of carbonyl (C=O) groups excluding carboxylic acids is 2. The highest BCUT2D eigenvalue weighted by molar-refractivity contribution is 6.52. The van der Waals surface area contributed by atoms with E-state index in [0.29, 0.717) is 17.8 Å². The Bertz CT molecular complexity index is 665. The Morgan fingerprint density at radius 3 is 2.15 bits per heavy atom. The zero-order valence-corrected chi connectivity index (χ0v) is 10.6. The summed E-state index contributed by atoms with van der Waals surface area (Å²) in [5, 5.41) is 12.0. The number of para-hydroxylation sites is 1. The Kier molecular flexibility index (Phi) is 3.87. The number of nitrogens with zero attached hydrogens (tertiary/aromatic N) is 3. The van der Waals surface area contributed by atoms with E-state index in [9.17, 15) is 9.59 Å². The van der Waals surface area contributed by atoms with Gasteiger partial charge in [0.1, 0.15) is 0 Å². The second-order valence-electron chi connectivity index (χ2n) is 4.22. The largest absolute Gasteiger partial charge is 0.300 e. The summed E-state index contributed by atoms with van der Waals surface area (Å²) in [5.41, 5.74) is 2.21. The van der Waals surface area contributed by atoms with E-state index in [1.807, 2.05) is 36.4 Å². The molecule has 0 saturated carbocycles. The summed E-state index contributed by atoms with van der Waals surface area (Å²) in [4.78, 5) is 25.3. The Hall–Kier alpha value is -3.00. The number of benzene rings is 2. The molecule has 0 aromatic heterocycles. The fraction of sp³-hybridized carbons (Fsp3) is 0.0667. The predicted molar refractivity (Wildman–Crippen MR) is 71.9 cm³/mol. The number of hydrogen-bond acceptors (Lipinski definition) is 4. The number of ketones is 1. The van der Waals surface area contributed by atoms with Crippen LogP contribution in [0.2, 0.25) is 0 Å². The van der Waals surface area contributed by atoms with Crippen LogP contribution in [-0.4, -0.2) is 11.7 Å². The molecule has 0 aliphatic carbocycles. The maximum atomic E-state index is 11.9. The molecule has 0 radical (unpaired) electrons. The molecule has 2 aromatic rings. The van der Waals surface area contributed by atoms with Crippen molar-refractivity contribution >= 4 is 17.4 Å². The Morgan fingerprint density at radius 2 is 1.45 bits per heavy atom. The Labute approximate surface area is 115 Å². The third-order valence-corrected chi connectivity index (χ3v) is 3.06. The molecule has 5 heteroatoms. The van der Waals surface area contributed by atoms with Crippen molar-refractivity contribution in [2.45, 2.75) is 6.54 Å². The van der Waals surface area contributed by atoms with Crippen LogP contribution >= 0.6 is 0 Å². The van der Waals surface area contributed by atoms with Gasteiger partial charge >= 0.3 is 0 Å². The third kappa shape index (κ3) is 2.27. The normalized spacial score (nSPS) is 12.6. The predicted octanol–water partition coefficient (Wildman–Crippen LogP) is 2.45. The van der Waals surface area contributed by atoms with Crippen LogP contribution in [0.5, 0.6) is 0 Å². The summed E-state index contributed by atoms with van der Waals surface area (Å²) >= 11 is 0. The lowest BCUT2D eigenvalue weighted by atomic mass is 10.1. The van der Waals surface area contributed by atoms with Crippen LogP contribution in [-0.2, 0) is 11.3 Å². The molecule has 0 atom stereocenters. The van der Waals surface area contributed by atoms with Gasteiger partial charge in [-0.15, -0.1) is 0 Å². The van der Waals surface area contributed by atoms with E-state index < -0.39 is 11.7 Å². The maximum Gasteiger partial charge on any atom is 0.299 e. The molecule has 0 bridgehead atoms. The van der Waals surface area contributed by atoms with Crippen LogP contribution in [0.3, 0.4) is 0 Å². The van der Waals surface area contributed by atoms with Crippen molar-refractivity contribution in [1.29, 1.82) is 10.8 Å². The number of rotatable bonds is 2. The number of hydrogen-bond donors (Lipinski definition) is 0. The first-order valence-corrected chi connectivity index (χ1v) is 5.96. The van der Waals surface area contributed by atoms with Gasteiger partial charge in [-0.1, -0.05) is 42.5 Å². The lowest BCUT2D eigenvalue weighted by molar-refractivity contribution is -0.114. The molecule has 2 aromatic carbocycles. The van der Waals surface area contributed by atoms with Crippen LogP contribution in [0.25, 0.3) is 0 Å². The van der Waals surface area contributed by atoms with Crippen LogP contribution in [0.1, 0.15) is 15.9 Å². The average Bonchev–Trinajstić information content (AvgIpc) is 2.76. The lowest BCUT2D eigenvalue weighted by Crippen LogP contribution is -2.29. The van der Waals surface area contributed by atoms with Gasteiger partial charge in [0.05, 0.1) is 17.8 Å². The van der Waals surface area contributed by atoms with Crippen LogP contribution in [0.15, 0.2) is 54.6 Å². The molecule has 0 fully saturated rings. The highest BCUT2D eigenvalue weighted by Gasteiger charge is 2.35. The molecule has 20 heavy (non-hydrogen) atoms. The SMILES string of the molecule is N#N.O=C1C(=O)N(Cc2ccccc2)c2ccccc21. The minimum atomic E-state index is -0.444. The van der Waals surface area contributed by atoms with E-state index in [2.05, 4.69) is 0 Å². The molecular weight excluding hydrogens is 254 g/mol. The molecule has 1 heterocycles. The quantitative estimate of drug-likeness (QED) is 0.616. The van der Waals surface area contributed by atoms with Crippen molar-refractivity contribution in [3.63, 3.8) is 0 Å². The fourth-order valence-electron chi connectivity index (χ4n) is 2.17. The summed E-state index contributed by atoms with van der Waals surface area (Å²) in [6, 6.07) is 16.8. The lowest BCUT2D eigenvalue weighted by Gasteiger charge is -2.16. The molecule has 0 N–H and O–H groups in total. The highest BCUT2D eigenvalue weighted by atomic mass is 16.2. The Balaban J connectivity index is 0.000000704. The minimum Gasteiger partial charge on any atom is -0.300 e. The molecule has 1 aliphatic heterocycles. The van der Waals surface area contributed by atoms with Crippen molar-refractivity contribution in [1.82, 2.24) is 0 Å². The number of fused-ring (bicyclic) bond motifs is 1. The smallest absolute Gasteiger partial charge is 0.299 e. The molecule has 98 valence electrons. The fourth-order valence-corrected chi connectivity index (χ4v) is 2.17. The third-order valence-electron chi connectivity index (χ3n) is 3.06. The first-order chi connectivity index (χ1) is 9.77. The van der Waals surface area contributed by atoms with E-state index in [1.165, 1.54) is 4.90 Å². The van der Waals surface area contributed by atoms with Gasteiger partial charge in [0.15, 0.2) is 0 Å². The Morgan fingerprint density at radius 1 is 0.850 bits per heavy atom. The highest BCUT2D eigenvalue weighted by Crippen LogP contribution is 2.29. The van der Waals surface area contributed by atoms with Crippen molar-refractivity contribution in [3.8, 4) is 0 Å². The average molecular weight is 265 g/mol. The molecule has 1 aliphatic rings. The second kappa shape index (κ2) is 5.76.